The zero-order valence-electron chi connectivity index (χ0n) is 10.3. The highest BCUT2D eigenvalue weighted by Gasteiger charge is 2.26. The van der Waals surface area contributed by atoms with Crippen molar-refractivity contribution < 1.29 is 29.1 Å². The van der Waals surface area contributed by atoms with E-state index in [2.05, 4.69) is 9.78 Å². The van der Waals surface area contributed by atoms with Crippen LogP contribution in [0.15, 0.2) is 0 Å². The molecular weight excluding hydrogens is 216 g/mol. The van der Waals surface area contributed by atoms with Crippen LogP contribution in [0.3, 0.4) is 0 Å². The Balaban J connectivity index is 3.71. The van der Waals surface area contributed by atoms with E-state index in [4.69, 9.17) is 14.5 Å². The Labute approximate surface area is 95.6 Å². The molecule has 0 aliphatic rings. The first-order valence-corrected chi connectivity index (χ1v) is 5.35. The topological polar surface area (TPSA) is 63.2 Å². The summed E-state index contributed by atoms with van der Waals surface area (Å²) < 4.78 is 4.79. The average Bonchev–Trinajstić information content (AvgIpc) is 2.21. The van der Waals surface area contributed by atoms with Gasteiger partial charge in [-0.05, 0) is 13.3 Å². The second-order valence-electron chi connectivity index (χ2n) is 3.50. The van der Waals surface area contributed by atoms with Gasteiger partial charge < -0.3 is 4.74 Å². The van der Waals surface area contributed by atoms with Gasteiger partial charge >= 0.3 is 6.16 Å². The number of unbranched alkanes of at least 4 members (excludes halogenated alkanes) is 1. The molecule has 0 bridgehead atoms. The van der Waals surface area contributed by atoms with Crippen LogP contribution >= 0.6 is 0 Å². The normalized spacial score (nSPS) is 11.2. The number of rotatable bonds is 8. The number of hydrogen-bond acceptors (Lipinski definition) is 6. The van der Waals surface area contributed by atoms with E-state index in [0.717, 1.165) is 12.8 Å². The minimum Gasteiger partial charge on any atom is -0.398 e. The fraction of sp³-hybridized carbons (Fsp3) is 0.900. The summed E-state index contributed by atoms with van der Waals surface area (Å²) in [4.78, 5) is 29.4. The van der Waals surface area contributed by atoms with Gasteiger partial charge in [-0.2, -0.15) is 9.78 Å². The van der Waals surface area contributed by atoms with E-state index in [0.29, 0.717) is 6.61 Å². The maximum Gasteiger partial charge on any atom is 0.543 e. The highest BCUT2D eigenvalue weighted by Crippen LogP contribution is 2.13. The lowest BCUT2D eigenvalue weighted by atomic mass is 10.4. The number of hydrogen-bond donors (Lipinski definition) is 0. The van der Waals surface area contributed by atoms with Gasteiger partial charge in [0.1, 0.15) is 0 Å². The predicted molar refractivity (Wildman–Crippen MR) is 55.2 cm³/mol. The first kappa shape index (κ1) is 15.2. The molecule has 0 atom stereocenters. The van der Waals surface area contributed by atoms with Gasteiger partial charge in [-0.1, -0.05) is 13.3 Å². The van der Waals surface area contributed by atoms with Gasteiger partial charge in [0.2, 0.25) is 5.79 Å². The summed E-state index contributed by atoms with van der Waals surface area (Å²) in [5.41, 5.74) is 0. The molecule has 0 aromatic heterocycles. The Kier molecular flexibility index (Phi) is 7.88. The van der Waals surface area contributed by atoms with Crippen LogP contribution in [0.5, 0.6) is 0 Å². The Morgan fingerprint density at radius 2 is 1.88 bits per heavy atom. The number of ether oxygens (including phenoxy) is 1. The summed E-state index contributed by atoms with van der Waals surface area (Å²) in [6.45, 7) is 7.48. The Hall–Kier alpha value is -0.850. The molecule has 0 N–H and O–H groups in total. The van der Waals surface area contributed by atoms with E-state index in [1.807, 2.05) is 6.92 Å². The van der Waals surface area contributed by atoms with Crippen molar-refractivity contribution in [3.63, 3.8) is 0 Å². The third-order valence-corrected chi connectivity index (χ3v) is 1.41. The maximum absolute atomic E-state index is 11.0. The summed E-state index contributed by atoms with van der Waals surface area (Å²) >= 11 is 0. The van der Waals surface area contributed by atoms with Gasteiger partial charge in [0.05, 0.1) is 13.2 Å². The zero-order chi connectivity index (χ0) is 12.4. The van der Waals surface area contributed by atoms with Crippen LogP contribution in [0.4, 0.5) is 4.79 Å². The van der Waals surface area contributed by atoms with Crippen LogP contribution in [0.1, 0.15) is 40.5 Å². The average molecular weight is 236 g/mol. The predicted octanol–water partition coefficient (Wildman–Crippen LogP) is 2.58. The summed E-state index contributed by atoms with van der Waals surface area (Å²) in [7, 11) is 0. The van der Waals surface area contributed by atoms with Crippen molar-refractivity contribution in [2.45, 2.75) is 46.3 Å². The van der Waals surface area contributed by atoms with Crippen LogP contribution in [0.25, 0.3) is 0 Å². The van der Waals surface area contributed by atoms with Crippen molar-refractivity contribution in [2.24, 2.45) is 0 Å². The standard InChI is InChI=1S/C10H20O6/c1-5-7-8-13-16-10(3,4)14-9(11)15-12-6-2/h5-8H2,1-4H3. The molecule has 0 fully saturated rings. The summed E-state index contributed by atoms with van der Waals surface area (Å²) in [5.74, 6) is -1.21. The summed E-state index contributed by atoms with van der Waals surface area (Å²) in [6.07, 6.45) is 0.905. The monoisotopic (exact) mass is 236 g/mol. The molecule has 0 aliphatic carbocycles. The fourth-order valence-electron chi connectivity index (χ4n) is 0.729. The largest absolute Gasteiger partial charge is 0.543 e. The van der Waals surface area contributed by atoms with E-state index in [1.165, 1.54) is 13.8 Å². The summed E-state index contributed by atoms with van der Waals surface area (Å²) in [5, 5.41) is 0. The van der Waals surface area contributed by atoms with E-state index < -0.39 is 11.9 Å². The van der Waals surface area contributed by atoms with Gasteiger partial charge in [0, 0.05) is 13.8 Å². The number of carbonyl (C=O) groups excluding carboxylic acids is 1. The smallest absolute Gasteiger partial charge is 0.398 e. The van der Waals surface area contributed by atoms with Gasteiger partial charge in [-0.25, -0.2) is 9.68 Å². The SMILES string of the molecule is CCCCOOC(C)(C)OC(=O)OOCC. The molecule has 0 spiro atoms. The molecule has 6 nitrogen and oxygen atoms in total. The van der Waals surface area contributed by atoms with Gasteiger partial charge in [0.15, 0.2) is 0 Å². The second kappa shape index (κ2) is 8.32. The molecule has 16 heavy (non-hydrogen) atoms. The van der Waals surface area contributed by atoms with Crippen molar-refractivity contribution in [1.82, 2.24) is 0 Å². The Morgan fingerprint density at radius 3 is 2.44 bits per heavy atom. The molecule has 0 saturated carbocycles. The molecule has 0 amide bonds. The molecule has 0 aliphatic heterocycles. The van der Waals surface area contributed by atoms with Crippen LogP contribution in [0, 0.1) is 0 Å². The lowest BCUT2D eigenvalue weighted by Crippen LogP contribution is -2.32. The van der Waals surface area contributed by atoms with Crippen molar-refractivity contribution in [1.29, 1.82) is 0 Å². The van der Waals surface area contributed by atoms with Crippen molar-refractivity contribution in [2.75, 3.05) is 13.2 Å². The zero-order valence-corrected chi connectivity index (χ0v) is 10.3. The molecule has 0 rings (SSSR count). The Bertz CT molecular complexity index is 192. The van der Waals surface area contributed by atoms with Gasteiger partial charge in [-0.15, -0.1) is 0 Å². The van der Waals surface area contributed by atoms with Gasteiger partial charge in [-0.3, -0.25) is 4.89 Å². The molecule has 96 valence electrons. The van der Waals surface area contributed by atoms with E-state index in [1.54, 1.807) is 6.92 Å². The molecule has 0 aromatic rings. The molecule has 0 heterocycles. The lowest BCUT2D eigenvalue weighted by Gasteiger charge is -2.22. The molecule has 6 heteroatoms. The van der Waals surface area contributed by atoms with Crippen LogP contribution < -0.4 is 0 Å². The third kappa shape index (κ3) is 8.46. The number of carbonyl (C=O) groups is 1. The van der Waals surface area contributed by atoms with E-state index in [9.17, 15) is 4.79 Å². The highest BCUT2D eigenvalue weighted by atomic mass is 17.3. The quantitative estimate of drug-likeness (QED) is 0.212. The third-order valence-electron chi connectivity index (χ3n) is 1.41. The fourth-order valence-corrected chi connectivity index (χ4v) is 0.729. The maximum atomic E-state index is 11.0. The first-order chi connectivity index (χ1) is 7.52. The summed E-state index contributed by atoms with van der Waals surface area (Å²) in [6, 6.07) is 0. The van der Waals surface area contributed by atoms with Crippen LogP contribution in [0.2, 0.25) is 0 Å². The first-order valence-electron chi connectivity index (χ1n) is 5.35. The molecule has 0 unspecified atom stereocenters. The van der Waals surface area contributed by atoms with Crippen molar-refractivity contribution in [3.8, 4) is 0 Å². The highest BCUT2D eigenvalue weighted by molar-refractivity contribution is 5.59. The molecular formula is C10H20O6. The molecule has 0 radical (unpaired) electrons. The second-order valence-corrected chi connectivity index (χ2v) is 3.50. The van der Waals surface area contributed by atoms with Gasteiger partial charge in [0.25, 0.3) is 0 Å². The lowest BCUT2D eigenvalue weighted by molar-refractivity contribution is -0.412. The molecule has 0 saturated heterocycles. The van der Waals surface area contributed by atoms with E-state index in [-0.39, 0.29) is 6.61 Å². The minimum atomic E-state index is -1.21. The van der Waals surface area contributed by atoms with Crippen molar-refractivity contribution >= 4 is 6.16 Å². The van der Waals surface area contributed by atoms with E-state index >= 15 is 0 Å². The van der Waals surface area contributed by atoms with Crippen LogP contribution in [-0.2, 0) is 24.3 Å². The minimum absolute atomic E-state index is 0.253. The van der Waals surface area contributed by atoms with Crippen molar-refractivity contribution in [3.05, 3.63) is 0 Å². The van der Waals surface area contributed by atoms with Crippen LogP contribution in [-0.4, -0.2) is 25.2 Å². The molecule has 0 aromatic carbocycles. The Morgan fingerprint density at radius 1 is 1.19 bits per heavy atom.